The minimum Gasteiger partial charge on any atom is -0.411 e. The first-order valence-corrected chi connectivity index (χ1v) is 21.4. The standard InChI is InChI=1S/C41H57ClO6Si/c1-29-23-34(25-42)24-35(48-49(6,7)41(3,4)5)36(29)47-40-39(45-28-33-21-15-10-16-22-33)38(44-27-32-19-13-9-14-20-32)37(30(2)46-40)43-26-31-17-11-8-12-18-31/h8-22,29-30,34-40H,23-28H2,1-7H3/t29-,30-,34+,35+,36+,37+,38+,39-,40-/m0/s1. The Balaban J connectivity index is 1.46. The van der Waals surface area contributed by atoms with Gasteiger partial charge in [0, 0.05) is 5.88 Å². The Morgan fingerprint density at radius 3 is 1.61 bits per heavy atom. The first-order valence-electron chi connectivity index (χ1n) is 18.0. The van der Waals surface area contributed by atoms with Crippen LogP contribution in [0.15, 0.2) is 91.0 Å². The van der Waals surface area contributed by atoms with Crippen molar-refractivity contribution in [1.82, 2.24) is 0 Å². The summed E-state index contributed by atoms with van der Waals surface area (Å²) in [6.45, 7) is 17.0. The number of hydrogen-bond acceptors (Lipinski definition) is 6. The molecule has 1 aliphatic carbocycles. The second-order valence-electron chi connectivity index (χ2n) is 15.5. The molecule has 1 aliphatic heterocycles. The van der Waals surface area contributed by atoms with E-state index in [1.807, 2.05) is 54.6 Å². The molecule has 1 saturated heterocycles. The molecule has 268 valence electrons. The second kappa shape index (κ2) is 17.4. The van der Waals surface area contributed by atoms with E-state index >= 15 is 0 Å². The Kier molecular flexibility index (Phi) is 13.6. The molecule has 3 aromatic rings. The minimum absolute atomic E-state index is 0.0611. The van der Waals surface area contributed by atoms with Gasteiger partial charge in [-0.1, -0.05) is 119 Å². The number of hydrogen-bond donors (Lipinski definition) is 0. The summed E-state index contributed by atoms with van der Waals surface area (Å²) < 4.78 is 41.4. The molecule has 9 atom stereocenters. The van der Waals surface area contributed by atoms with Crippen LogP contribution in [-0.2, 0) is 47.9 Å². The van der Waals surface area contributed by atoms with Gasteiger partial charge in [-0.2, -0.15) is 0 Å². The molecule has 0 aromatic heterocycles. The molecule has 1 saturated carbocycles. The number of halogens is 1. The molecule has 3 aromatic carbocycles. The molecule has 0 bridgehead atoms. The summed E-state index contributed by atoms with van der Waals surface area (Å²) in [5, 5.41) is 0.0611. The van der Waals surface area contributed by atoms with E-state index in [4.69, 9.17) is 39.7 Å². The maximum Gasteiger partial charge on any atom is 0.192 e. The van der Waals surface area contributed by atoms with Crippen LogP contribution < -0.4 is 0 Å². The van der Waals surface area contributed by atoms with E-state index < -0.39 is 32.9 Å². The summed E-state index contributed by atoms with van der Waals surface area (Å²) in [5.41, 5.74) is 3.24. The molecule has 0 unspecified atom stereocenters. The lowest BCUT2D eigenvalue weighted by Crippen LogP contribution is -2.62. The molecule has 5 rings (SSSR count). The fourth-order valence-electron chi connectivity index (χ4n) is 6.74. The Labute approximate surface area is 300 Å². The molecule has 0 spiro atoms. The van der Waals surface area contributed by atoms with E-state index in [9.17, 15) is 0 Å². The van der Waals surface area contributed by atoms with Crippen LogP contribution >= 0.6 is 11.6 Å². The molecule has 1 heterocycles. The smallest absolute Gasteiger partial charge is 0.192 e. The molecule has 2 fully saturated rings. The van der Waals surface area contributed by atoms with Crippen molar-refractivity contribution >= 4 is 19.9 Å². The van der Waals surface area contributed by atoms with E-state index in [1.165, 1.54) is 0 Å². The predicted octanol–water partition coefficient (Wildman–Crippen LogP) is 9.55. The van der Waals surface area contributed by atoms with Crippen molar-refractivity contribution in [3.8, 4) is 0 Å². The monoisotopic (exact) mass is 708 g/mol. The average Bonchev–Trinajstić information content (AvgIpc) is 3.08. The summed E-state index contributed by atoms with van der Waals surface area (Å²) in [7, 11) is -2.12. The maximum atomic E-state index is 7.14. The van der Waals surface area contributed by atoms with Crippen LogP contribution in [0.1, 0.15) is 64.2 Å². The lowest BCUT2D eigenvalue weighted by Gasteiger charge is -2.50. The number of alkyl halides is 1. The zero-order valence-corrected chi connectivity index (χ0v) is 32.2. The number of rotatable bonds is 14. The quantitative estimate of drug-likeness (QED) is 0.123. The highest BCUT2D eigenvalue weighted by molar-refractivity contribution is 6.74. The van der Waals surface area contributed by atoms with Crippen LogP contribution in [0.4, 0.5) is 0 Å². The van der Waals surface area contributed by atoms with Gasteiger partial charge in [-0.3, -0.25) is 0 Å². The Morgan fingerprint density at radius 1 is 0.673 bits per heavy atom. The molecular formula is C41H57ClO6Si. The molecular weight excluding hydrogens is 652 g/mol. The van der Waals surface area contributed by atoms with Gasteiger partial charge in [-0.25, -0.2) is 0 Å². The summed E-state index contributed by atoms with van der Waals surface area (Å²) in [6.07, 6.45) is -0.888. The van der Waals surface area contributed by atoms with Gasteiger partial charge < -0.3 is 28.1 Å². The summed E-state index contributed by atoms with van der Waals surface area (Å²) in [5.74, 6) is 1.21. The molecule has 49 heavy (non-hydrogen) atoms. The first kappa shape index (κ1) is 38.2. The Hall–Kier alpha value is -2.07. The van der Waals surface area contributed by atoms with Gasteiger partial charge in [0.25, 0.3) is 0 Å². The molecule has 0 amide bonds. The third-order valence-electron chi connectivity index (χ3n) is 10.5. The van der Waals surface area contributed by atoms with Crippen LogP contribution in [0, 0.1) is 11.8 Å². The largest absolute Gasteiger partial charge is 0.411 e. The van der Waals surface area contributed by atoms with Gasteiger partial charge in [0.2, 0.25) is 0 Å². The highest BCUT2D eigenvalue weighted by Gasteiger charge is 2.51. The number of ether oxygens (including phenoxy) is 5. The van der Waals surface area contributed by atoms with Gasteiger partial charge in [0.05, 0.1) is 38.1 Å². The predicted molar refractivity (Wildman–Crippen MR) is 199 cm³/mol. The van der Waals surface area contributed by atoms with E-state index in [0.29, 0.717) is 31.6 Å². The zero-order valence-electron chi connectivity index (χ0n) is 30.4. The molecule has 6 nitrogen and oxygen atoms in total. The third-order valence-corrected chi connectivity index (χ3v) is 15.5. The van der Waals surface area contributed by atoms with Gasteiger partial charge in [0.15, 0.2) is 14.6 Å². The van der Waals surface area contributed by atoms with Crippen LogP contribution in [0.2, 0.25) is 18.1 Å². The number of benzene rings is 3. The van der Waals surface area contributed by atoms with Gasteiger partial charge in [-0.05, 0) is 66.4 Å². The lowest BCUT2D eigenvalue weighted by molar-refractivity contribution is -0.338. The van der Waals surface area contributed by atoms with Crippen LogP contribution in [-0.4, -0.2) is 57.1 Å². The van der Waals surface area contributed by atoms with Crippen molar-refractivity contribution in [1.29, 1.82) is 0 Å². The lowest BCUT2D eigenvalue weighted by atomic mass is 9.79. The molecule has 0 radical (unpaired) electrons. The van der Waals surface area contributed by atoms with Crippen molar-refractivity contribution in [2.75, 3.05) is 5.88 Å². The third kappa shape index (κ3) is 10.3. The van der Waals surface area contributed by atoms with Gasteiger partial charge >= 0.3 is 0 Å². The average molecular weight is 709 g/mol. The highest BCUT2D eigenvalue weighted by atomic mass is 35.5. The fraction of sp³-hybridized carbons (Fsp3) is 0.561. The van der Waals surface area contributed by atoms with Crippen LogP contribution in [0.5, 0.6) is 0 Å². The van der Waals surface area contributed by atoms with E-state index in [1.54, 1.807) is 0 Å². The van der Waals surface area contributed by atoms with Gasteiger partial charge in [0.1, 0.15) is 18.3 Å². The normalized spacial score (nSPS) is 29.5. The molecule has 0 N–H and O–H groups in total. The zero-order chi connectivity index (χ0) is 35.0. The van der Waals surface area contributed by atoms with E-state index in [2.05, 4.69) is 84.1 Å². The second-order valence-corrected chi connectivity index (χ2v) is 20.5. The van der Waals surface area contributed by atoms with Crippen molar-refractivity contribution in [2.45, 2.75) is 128 Å². The topological polar surface area (TPSA) is 55.4 Å². The van der Waals surface area contributed by atoms with Crippen LogP contribution in [0.3, 0.4) is 0 Å². The van der Waals surface area contributed by atoms with E-state index in [0.717, 1.165) is 29.5 Å². The first-order chi connectivity index (χ1) is 23.4. The van der Waals surface area contributed by atoms with Gasteiger partial charge in [-0.15, -0.1) is 11.6 Å². The maximum absolute atomic E-state index is 7.14. The minimum atomic E-state index is -2.12. The van der Waals surface area contributed by atoms with Crippen molar-refractivity contribution < 1.29 is 28.1 Å². The van der Waals surface area contributed by atoms with E-state index in [-0.39, 0.29) is 29.3 Å². The Morgan fingerprint density at radius 2 is 1.14 bits per heavy atom. The Bertz CT molecular complexity index is 1390. The van der Waals surface area contributed by atoms with Crippen molar-refractivity contribution in [3.63, 3.8) is 0 Å². The summed E-state index contributed by atoms with van der Waals surface area (Å²) in [4.78, 5) is 0. The molecule has 8 heteroatoms. The fourth-order valence-corrected chi connectivity index (χ4v) is 8.33. The SMILES string of the molecule is C[C@@H]1O[C@@H](O[C@@H]2[C@@H](C)C[C@@H](CCl)C[C@H]2O[Si](C)(C)C(C)(C)C)[C@@H](OCc2ccccc2)[C@H](OCc2ccccc2)[C@@H]1OCc1ccccc1. The van der Waals surface area contributed by atoms with Crippen molar-refractivity contribution in [3.05, 3.63) is 108 Å². The molecule has 2 aliphatic rings. The highest BCUT2D eigenvalue weighted by Crippen LogP contribution is 2.43. The summed E-state index contributed by atoms with van der Waals surface area (Å²) in [6, 6.07) is 30.7. The van der Waals surface area contributed by atoms with Crippen LogP contribution in [0.25, 0.3) is 0 Å². The van der Waals surface area contributed by atoms with Crippen molar-refractivity contribution in [2.24, 2.45) is 11.8 Å². The summed E-state index contributed by atoms with van der Waals surface area (Å²) >= 11 is 6.49.